The molecule has 0 bridgehead atoms. The number of nitrogens with one attached hydrogen (secondary N) is 1. The van der Waals surface area contributed by atoms with Crippen LogP contribution in [0.15, 0.2) is 60.8 Å². The number of aryl methyl sites for hydroxylation is 1. The number of pyridine rings is 1. The average Bonchev–Trinajstić information content (AvgIpc) is 3.43. The van der Waals surface area contributed by atoms with Crippen LogP contribution in [0.25, 0.3) is 16.2 Å². The summed E-state index contributed by atoms with van der Waals surface area (Å²) in [5, 5.41) is 3.77. The lowest BCUT2D eigenvalue weighted by atomic mass is 9.89. The van der Waals surface area contributed by atoms with Gasteiger partial charge in [0.25, 0.3) is 0 Å². The molecular weight excluding hydrogens is 398 g/mol. The quantitative estimate of drug-likeness (QED) is 0.366. The lowest BCUT2D eigenvalue weighted by Gasteiger charge is -2.22. The van der Waals surface area contributed by atoms with Gasteiger partial charge in [-0.3, -0.25) is 4.40 Å². The van der Waals surface area contributed by atoms with Gasteiger partial charge in [-0.2, -0.15) is 0 Å². The summed E-state index contributed by atoms with van der Waals surface area (Å²) in [5.74, 6) is 8.44. The fraction of sp³-hybridized carbons (Fsp3) is 0.296. The van der Waals surface area contributed by atoms with Crippen molar-refractivity contribution in [2.24, 2.45) is 5.92 Å². The smallest absolute Gasteiger partial charge is 0.142 e. The Morgan fingerprint density at radius 3 is 2.68 bits per heavy atom. The minimum atomic E-state index is 0.757. The number of anilines is 1. The normalized spacial score (nSPS) is 14.4. The number of rotatable bonds is 4. The molecule has 4 heteroatoms. The first-order valence-corrected chi connectivity index (χ1v) is 12.0. The van der Waals surface area contributed by atoms with Crippen LogP contribution in [0.3, 0.4) is 0 Å². The molecule has 0 saturated heterocycles. The Balaban J connectivity index is 1.47. The molecule has 0 radical (unpaired) electrons. The standard InChI is InChI=1S/C27H27N3S/c1-20-9-8-18-30-26(20)29-25(27(30)28-19-22-12-6-3-7-13-22)24-17-16-23(31-24)15-14-21-10-4-2-5-11-21/h2,4-5,8-11,16-18,22,28H,3,6-7,12-13,19H2,1H3. The molecular formula is C27H27N3S. The Hall–Kier alpha value is -3.03. The topological polar surface area (TPSA) is 29.3 Å². The molecule has 31 heavy (non-hydrogen) atoms. The molecule has 1 N–H and O–H groups in total. The van der Waals surface area contributed by atoms with E-state index in [4.69, 9.17) is 4.98 Å². The zero-order valence-corrected chi connectivity index (χ0v) is 18.7. The van der Waals surface area contributed by atoms with Crippen LogP contribution in [0.1, 0.15) is 48.1 Å². The van der Waals surface area contributed by atoms with Crippen molar-refractivity contribution in [3.63, 3.8) is 0 Å². The van der Waals surface area contributed by atoms with E-state index in [0.717, 1.165) is 44.9 Å². The first kappa shape index (κ1) is 19.9. The predicted octanol–water partition coefficient (Wildman–Crippen LogP) is 6.76. The van der Waals surface area contributed by atoms with Crippen molar-refractivity contribution in [1.82, 2.24) is 9.38 Å². The highest BCUT2D eigenvalue weighted by atomic mass is 32.1. The summed E-state index contributed by atoms with van der Waals surface area (Å²) in [5.41, 5.74) is 4.28. The van der Waals surface area contributed by atoms with Gasteiger partial charge >= 0.3 is 0 Å². The van der Waals surface area contributed by atoms with Crippen LogP contribution in [0.4, 0.5) is 5.82 Å². The average molecular weight is 426 g/mol. The monoisotopic (exact) mass is 425 g/mol. The Morgan fingerprint density at radius 2 is 1.84 bits per heavy atom. The van der Waals surface area contributed by atoms with Crippen molar-refractivity contribution in [2.75, 3.05) is 11.9 Å². The molecule has 0 amide bonds. The van der Waals surface area contributed by atoms with Crippen LogP contribution in [0.5, 0.6) is 0 Å². The number of hydrogen-bond donors (Lipinski definition) is 1. The second-order valence-electron chi connectivity index (χ2n) is 8.36. The van der Waals surface area contributed by atoms with E-state index in [2.05, 4.69) is 58.9 Å². The highest BCUT2D eigenvalue weighted by Crippen LogP contribution is 2.35. The van der Waals surface area contributed by atoms with Crippen LogP contribution in [-0.2, 0) is 0 Å². The second-order valence-corrected chi connectivity index (χ2v) is 9.44. The number of fused-ring (bicyclic) bond motifs is 1. The first-order chi connectivity index (χ1) is 15.3. The van der Waals surface area contributed by atoms with Crippen LogP contribution in [-0.4, -0.2) is 15.9 Å². The van der Waals surface area contributed by atoms with E-state index in [1.165, 1.54) is 37.7 Å². The fourth-order valence-electron chi connectivity index (χ4n) is 4.36. The molecule has 4 aromatic rings. The molecule has 1 saturated carbocycles. The molecule has 156 valence electrons. The minimum absolute atomic E-state index is 0.757. The molecule has 1 aromatic carbocycles. The first-order valence-electron chi connectivity index (χ1n) is 11.2. The van der Waals surface area contributed by atoms with E-state index in [0.29, 0.717) is 0 Å². The highest BCUT2D eigenvalue weighted by molar-refractivity contribution is 7.16. The molecule has 5 rings (SSSR count). The number of nitrogens with zero attached hydrogens (tertiary/aromatic N) is 2. The van der Waals surface area contributed by atoms with Gasteiger partial charge in [0.15, 0.2) is 0 Å². The van der Waals surface area contributed by atoms with E-state index < -0.39 is 0 Å². The molecule has 0 unspecified atom stereocenters. The van der Waals surface area contributed by atoms with E-state index in [9.17, 15) is 0 Å². The fourth-order valence-corrected chi connectivity index (χ4v) is 5.21. The third-order valence-corrected chi connectivity index (χ3v) is 7.08. The zero-order chi connectivity index (χ0) is 21.0. The largest absolute Gasteiger partial charge is 0.369 e. The van der Waals surface area contributed by atoms with E-state index >= 15 is 0 Å². The molecule has 1 aliphatic rings. The predicted molar refractivity (Wildman–Crippen MR) is 131 cm³/mol. The van der Waals surface area contributed by atoms with Crippen LogP contribution in [0.2, 0.25) is 0 Å². The summed E-state index contributed by atoms with van der Waals surface area (Å²) in [6.45, 7) is 3.14. The molecule has 1 aliphatic carbocycles. The van der Waals surface area contributed by atoms with Gasteiger partial charge in [-0.15, -0.1) is 11.3 Å². The van der Waals surface area contributed by atoms with Crippen LogP contribution < -0.4 is 5.32 Å². The minimum Gasteiger partial charge on any atom is -0.369 e. The van der Waals surface area contributed by atoms with E-state index in [1.54, 1.807) is 11.3 Å². The van der Waals surface area contributed by atoms with Gasteiger partial charge in [0.05, 0.1) is 9.75 Å². The number of aromatic nitrogens is 2. The van der Waals surface area contributed by atoms with Crippen molar-refractivity contribution in [3.05, 3.63) is 76.8 Å². The molecule has 3 heterocycles. The third-order valence-electron chi connectivity index (χ3n) is 6.07. The number of hydrogen-bond acceptors (Lipinski definition) is 3. The van der Waals surface area contributed by atoms with Crippen LogP contribution >= 0.6 is 11.3 Å². The van der Waals surface area contributed by atoms with E-state index in [-0.39, 0.29) is 0 Å². The van der Waals surface area contributed by atoms with Crippen molar-refractivity contribution in [1.29, 1.82) is 0 Å². The molecule has 3 aromatic heterocycles. The Kier molecular flexibility index (Phi) is 5.78. The van der Waals surface area contributed by atoms with Gasteiger partial charge in [0.2, 0.25) is 0 Å². The van der Waals surface area contributed by atoms with Gasteiger partial charge in [0, 0.05) is 18.3 Å². The number of thiophene rings is 1. The van der Waals surface area contributed by atoms with Crippen molar-refractivity contribution in [2.45, 2.75) is 39.0 Å². The number of imidazole rings is 1. The maximum Gasteiger partial charge on any atom is 0.142 e. The summed E-state index contributed by atoms with van der Waals surface area (Å²) in [6.07, 6.45) is 8.89. The molecule has 0 spiro atoms. The van der Waals surface area contributed by atoms with Gasteiger partial charge in [-0.05, 0) is 61.6 Å². The lowest BCUT2D eigenvalue weighted by Crippen LogP contribution is -2.18. The highest BCUT2D eigenvalue weighted by Gasteiger charge is 2.19. The van der Waals surface area contributed by atoms with Crippen molar-refractivity contribution in [3.8, 4) is 22.4 Å². The SMILES string of the molecule is Cc1cccn2c(NCC3CCCCC3)c(-c3ccc(C#Cc4ccccc4)s3)nc12. The van der Waals surface area contributed by atoms with Crippen molar-refractivity contribution < 1.29 is 0 Å². The summed E-state index contributed by atoms with van der Waals surface area (Å²) in [6, 6.07) is 18.6. The molecule has 1 fully saturated rings. The maximum atomic E-state index is 5.04. The zero-order valence-electron chi connectivity index (χ0n) is 17.9. The van der Waals surface area contributed by atoms with Crippen LogP contribution in [0, 0.1) is 24.7 Å². The van der Waals surface area contributed by atoms with Crippen molar-refractivity contribution >= 4 is 22.8 Å². The molecule has 0 aliphatic heterocycles. The van der Waals surface area contributed by atoms with Gasteiger partial charge in [-0.1, -0.05) is 55.4 Å². The summed E-state index contributed by atoms with van der Waals surface area (Å²) < 4.78 is 2.21. The lowest BCUT2D eigenvalue weighted by molar-refractivity contribution is 0.373. The Bertz CT molecular complexity index is 1230. The summed E-state index contributed by atoms with van der Waals surface area (Å²) in [4.78, 5) is 7.26. The van der Waals surface area contributed by atoms with Gasteiger partial charge in [0.1, 0.15) is 17.2 Å². The summed E-state index contributed by atoms with van der Waals surface area (Å²) in [7, 11) is 0. The molecule has 3 nitrogen and oxygen atoms in total. The summed E-state index contributed by atoms with van der Waals surface area (Å²) >= 11 is 1.71. The Labute approximate surface area is 188 Å². The maximum absolute atomic E-state index is 5.04. The van der Waals surface area contributed by atoms with Gasteiger partial charge < -0.3 is 5.32 Å². The van der Waals surface area contributed by atoms with E-state index in [1.807, 2.05) is 30.3 Å². The second kappa shape index (κ2) is 8.99. The third kappa shape index (κ3) is 4.38. The Morgan fingerprint density at radius 1 is 1.00 bits per heavy atom. The van der Waals surface area contributed by atoms with Gasteiger partial charge in [-0.25, -0.2) is 4.98 Å². The molecule has 0 atom stereocenters. The number of benzene rings is 1.